The quantitative estimate of drug-likeness (QED) is 0.688. The number of benzene rings is 1. The van der Waals surface area contributed by atoms with E-state index in [2.05, 4.69) is 10.4 Å². The van der Waals surface area contributed by atoms with E-state index in [0.29, 0.717) is 16.9 Å². The number of nitrogens with one attached hydrogen (secondary N) is 1. The summed E-state index contributed by atoms with van der Waals surface area (Å²) in [5.41, 5.74) is 1.75. The van der Waals surface area contributed by atoms with E-state index in [0.717, 1.165) is 11.4 Å². The van der Waals surface area contributed by atoms with Gasteiger partial charge in [-0.3, -0.25) is 14.3 Å². The molecule has 0 radical (unpaired) electrons. The van der Waals surface area contributed by atoms with Crippen molar-refractivity contribution in [3.05, 3.63) is 71.2 Å². The first-order chi connectivity index (χ1) is 13.3. The molecular weight excluding hydrogens is 356 g/mol. The molecule has 1 unspecified atom stereocenters. The minimum atomic E-state index is -1.24. The van der Waals surface area contributed by atoms with E-state index in [1.54, 1.807) is 42.9 Å². The molecule has 0 aliphatic rings. The molecule has 0 saturated carbocycles. The van der Waals surface area contributed by atoms with Gasteiger partial charge in [-0.2, -0.15) is 5.10 Å². The Morgan fingerprint density at radius 2 is 1.71 bits per heavy atom. The lowest BCUT2D eigenvalue weighted by atomic mass is 9.82. The van der Waals surface area contributed by atoms with Gasteiger partial charge in [0.15, 0.2) is 0 Å². The Morgan fingerprint density at radius 3 is 2.29 bits per heavy atom. The number of carboxylic acids is 1. The van der Waals surface area contributed by atoms with Crippen LogP contribution in [-0.4, -0.2) is 37.9 Å². The fraction of sp³-hybridized carbons (Fsp3) is 0.286. The van der Waals surface area contributed by atoms with E-state index in [4.69, 9.17) is 0 Å². The first-order valence-electron chi connectivity index (χ1n) is 9.00. The average Bonchev–Trinajstić information content (AvgIpc) is 3.21. The van der Waals surface area contributed by atoms with Crippen LogP contribution < -0.4 is 5.32 Å². The van der Waals surface area contributed by atoms with Gasteiger partial charge in [-0.15, -0.1) is 0 Å². The zero-order chi connectivity index (χ0) is 20.5. The number of hydrogen-bond acceptors (Lipinski definition) is 3. The van der Waals surface area contributed by atoms with E-state index >= 15 is 0 Å². The third kappa shape index (κ3) is 3.31. The summed E-state index contributed by atoms with van der Waals surface area (Å²) in [5, 5.41) is 16.8. The molecule has 3 rings (SSSR count). The highest BCUT2D eigenvalue weighted by Crippen LogP contribution is 2.24. The van der Waals surface area contributed by atoms with Crippen LogP contribution >= 0.6 is 0 Å². The van der Waals surface area contributed by atoms with Gasteiger partial charge in [-0.1, -0.05) is 30.3 Å². The Labute approximate surface area is 163 Å². The number of carbonyl (C=O) groups is 2. The highest BCUT2D eigenvalue weighted by molar-refractivity contribution is 5.97. The second-order valence-electron chi connectivity index (χ2n) is 7.14. The standard InChI is InChI=1S/C21H24N4O3/c1-14-10-11-15(2)25(14)19-17(12-23-24(19)4)18(26)22-13-21(3,20(27)28)16-8-6-5-7-9-16/h5-12H,13H2,1-4H3,(H,22,26)(H,27,28). The van der Waals surface area contributed by atoms with Crippen LogP contribution in [0.2, 0.25) is 0 Å². The highest BCUT2D eigenvalue weighted by Gasteiger charge is 2.36. The molecule has 0 aliphatic carbocycles. The van der Waals surface area contributed by atoms with Crippen LogP contribution in [0.1, 0.15) is 34.2 Å². The van der Waals surface area contributed by atoms with E-state index in [-0.39, 0.29) is 12.5 Å². The summed E-state index contributed by atoms with van der Waals surface area (Å²) in [5.74, 6) is -0.712. The summed E-state index contributed by atoms with van der Waals surface area (Å²) >= 11 is 0. The summed E-state index contributed by atoms with van der Waals surface area (Å²) in [4.78, 5) is 24.9. The number of aryl methyl sites for hydroxylation is 3. The van der Waals surface area contributed by atoms with E-state index < -0.39 is 11.4 Å². The Bertz CT molecular complexity index is 1000. The summed E-state index contributed by atoms with van der Waals surface area (Å²) in [6, 6.07) is 12.9. The van der Waals surface area contributed by atoms with Crippen LogP contribution in [-0.2, 0) is 17.3 Å². The van der Waals surface area contributed by atoms with Gasteiger partial charge in [-0.25, -0.2) is 0 Å². The average molecular weight is 380 g/mol. The molecule has 0 aliphatic heterocycles. The zero-order valence-corrected chi connectivity index (χ0v) is 16.4. The molecule has 1 amide bonds. The first kappa shape index (κ1) is 19.4. The van der Waals surface area contributed by atoms with Crippen molar-refractivity contribution in [2.24, 2.45) is 7.05 Å². The maximum Gasteiger partial charge on any atom is 0.315 e. The van der Waals surface area contributed by atoms with Crippen molar-refractivity contribution < 1.29 is 14.7 Å². The maximum absolute atomic E-state index is 12.9. The number of amides is 1. The minimum Gasteiger partial charge on any atom is -0.481 e. The van der Waals surface area contributed by atoms with Gasteiger partial charge in [-0.05, 0) is 38.5 Å². The monoisotopic (exact) mass is 380 g/mol. The summed E-state index contributed by atoms with van der Waals surface area (Å²) in [6.07, 6.45) is 1.50. The fourth-order valence-corrected chi connectivity index (χ4v) is 3.32. The number of nitrogens with zero attached hydrogens (tertiary/aromatic N) is 3. The molecular formula is C21H24N4O3. The van der Waals surface area contributed by atoms with Gasteiger partial charge in [0.25, 0.3) is 5.91 Å². The molecule has 0 saturated heterocycles. The molecule has 2 N–H and O–H groups in total. The third-order valence-electron chi connectivity index (χ3n) is 5.12. The van der Waals surface area contributed by atoms with Crippen LogP contribution in [0.5, 0.6) is 0 Å². The topological polar surface area (TPSA) is 89.2 Å². The van der Waals surface area contributed by atoms with Crippen molar-refractivity contribution in [3.8, 4) is 5.82 Å². The Kier molecular flexibility index (Phi) is 5.09. The smallest absolute Gasteiger partial charge is 0.315 e. The van der Waals surface area contributed by atoms with Crippen LogP contribution in [0.15, 0.2) is 48.7 Å². The number of aliphatic carboxylic acids is 1. The summed E-state index contributed by atoms with van der Waals surface area (Å²) in [6.45, 7) is 5.48. The van der Waals surface area contributed by atoms with Crippen molar-refractivity contribution in [1.29, 1.82) is 0 Å². The van der Waals surface area contributed by atoms with Crippen molar-refractivity contribution in [2.45, 2.75) is 26.2 Å². The highest BCUT2D eigenvalue weighted by atomic mass is 16.4. The van der Waals surface area contributed by atoms with Gasteiger partial charge in [0.05, 0.1) is 6.20 Å². The normalized spacial score (nSPS) is 13.1. The van der Waals surface area contributed by atoms with Crippen molar-refractivity contribution in [2.75, 3.05) is 6.54 Å². The van der Waals surface area contributed by atoms with Crippen LogP contribution in [0, 0.1) is 13.8 Å². The molecule has 0 fully saturated rings. The van der Waals surface area contributed by atoms with Crippen molar-refractivity contribution in [1.82, 2.24) is 19.7 Å². The number of hydrogen-bond donors (Lipinski definition) is 2. The molecule has 0 spiro atoms. The van der Waals surface area contributed by atoms with Gasteiger partial charge >= 0.3 is 5.97 Å². The molecule has 28 heavy (non-hydrogen) atoms. The molecule has 7 nitrogen and oxygen atoms in total. The molecule has 146 valence electrons. The van der Waals surface area contributed by atoms with E-state index in [1.165, 1.54) is 6.20 Å². The SMILES string of the molecule is Cc1ccc(C)n1-c1c(C(=O)NCC(C)(C(=O)O)c2ccccc2)cnn1C. The summed E-state index contributed by atoms with van der Waals surface area (Å²) in [7, 11) is 1.77. The van der Waals surface area contributed by atoms with Crippen LogP contribution in [0.3, 0.4) is 0 Å². The lowest BCUT2D eigenvalue weighted by Gasteiger charge is -2.25. The van der Waals surface area contributed by atoms with Gasteiger partial charge < -0.3 is 15.0 Å². The Hall–Kier alpha value is -3.35. The zero-order valence-electron chi connectivity index (χ0n) is 16.4. The second-order valence-corrected chi connectivity index (χ2v) is 7.14. The van der Waals surface area contributed by atoms with E-state index in [1.807, 2.05) is 36.6 Å². The molecule has 3 aromatic rings. The molecule has 0 bridgehead atoms. The Morgan fingerprint density at radius 1 is 1.11 bits per heavy atom. The third-order valence-corrected chi connectivity index (χ3v) is 5.12. The fourth-order valence-electron chi connectivity index (χ4n) is 3.32. The predicted octanol–water partition coefficient (Wildman–Crippen LogP) is 2.60. The number of carboxylic acid groups (broad SMARTS) is 1. The Balaban J connectivity index is 1.90. The molecule has 7 heteroatoms. The molecule has 2 aromatic heterocycles. The van der Waals surface area contributed by atoms with Gasteiger partial charge in [0, 0.05) is 25.0 Å². The van der Waals surface area contributed by atoms with Crippen LogP contribution in [0.4, 0.5) is 0 Å². The van der Waals surface area contributed by atoms with E-state index in [9.17, 15) is 14.7 Å². The minimum absolute atomic E-state index is 0.0385. The predicted molar refractivity (Wildman–Crippen MR) is 106 cm³/mol. The maximum atomic E-state index is 12.9. The lowest BCUT2D eigenvalue weighted by molar-refractivity contribution is -0.142. The van der Waals surface area contributed by atoms with Crippen molar-refractivity contribution in [3.63, 3.8) is 0 Å². The number of aromatic nitrogens is 3. The van der Waals surface area contributed by atoms with Gasteiger partial charge in [0.2, 0.25) is 0 Å². The van der Waals surface area contributed by atoms with Crippen molar-refractivity contribution >= 4 is 11.9 Å². The number of rotatable bonds is 6. The van der Waals surface area contributed by atoms with Gasteiger partial charge in [0.1, 0.15) is 16.8 Å². The molecule has 1 aromatic carbocycles. The summed E-state index contributed by atoms with van der Waals surface area (Å²) < 4.78 is 3.60. The van der Waals surface area contributed by atoms with Crippen LogP contribution in [0.25, 0.3) is 5.82 Å². The second kappa shape index (κ2) is 7.34. The molecule has 2 heterocycles. The lowest BCUT2D eigenvalue weighted by Crippen LogP contribution is -2.44. The number of carbonyl (C=O) groups excluding carboxylic acids is 1. The first-order valence-corrected chi connectivity index (χ1v) is 9.00. The molecule has 1 atom stereocenters. The largest absolute Gasteiger partial charge is 0.481 e.